The number of aromatic amines is 1. The Morgan fingerprint density at radius 2 is 2.05 bits per heavy atom. The zero-order chi connectivity index (χ0) is 13.7. The van der Waals surface area contributed by atoms with Gasteiger partial charge in [0.2, 0.25) is 0 Å². The number of aldehydes is 1. The highest BCUT2D eigenvalue weighted by Gasteiger charge is 2.14. The third kappa shape index (κ3) is 3.41. The van der Waals surface area contributed by atoms with Crippen molar-refractivity contribution >= 4 is 12.4 Å². The summed E-state index contributed by atoms with van der Waals surface area (Å²) in [5, 5.41) is 9.16. The molecule has 0 aliphatic heterocycles. The summed E-state index contributed by atoms with van der Waals surface area (Å²) in [5.74, 6) is 0.590. The first-order chi connectivity index (χ1) is 9.19. The monoisotopic (exact) mass is 259 g/mol. The van der Waals surface area contributed by atoms with E-state index in [-0.39, 0.29) is 13.1 Å². The third-order valence-corrected chi connectivity index (χ3v) is 2.66. The van der Waals surface area contributed by atoms with Crippen LogP contribution in [0.3, 0.4) is 0 Å². The van der Waals surface area contributed by atoms with E-state index in [1.54, 1.807) is 36.7 Å². The Bertz CT molecular complexity index is 549. The molecule has 1 aromatic carbocycles. The second-order valence-corrected chi connectivity index (χ2v) is 4.03. The van der Waals surface area contributed by atoms with Crippen molar-refractivity contribution in [2.75, 3.05) is 0 Å². The number of aromatic nitrogens is 2. The number of nitrogens with one attached hydrogen (secondary N) is 1. The first kappa shape index (κ1) is 12.8. The normalized spacial score (nSPS) is 10.1. The molecule has 1 amide bonds. The molecule has 2 aromatic rings. The average Bonchev–Trinajstić information content (AvgIpc) is 2.91. The van der Waals surface area contributed by atoms with Crippen molar-refractivity contribution < 1.29 is 14.7 Å². The number of nitrogens with zero attached hydrogens (tertiary/aromatic N) is 2. The van der Waals surface area contributed by atoms with Gasteiger partial charge in [0.25, 0.3) is 0 Å². The van der Waals surface area contributed by atoms with Crippen LogP contribution in [0.1, 0.15) is 21.7 Å². The predicted molar refractivity (Wildman–Crippen MR) is 67.7 cm³/mol. The lowest BCUT2D eigenvalue weighted by molar-refractivity contribution is 0.112. The Morgan fingerprint density at radius 3 is 2.58 bits per heavy atom. The van der Waals surface area contributed by atoms with Gasteiger partial charge in [-0.15, -0.1) is 0 Å². The van der Waals surface area contributed by atoms with E-state index in [4.69, 9.17) is 5.11 Å². The van der Waals surface area contributed by atoms with Crippen LogP contribution < -0.4 is 0 Å². The summed E-state index contributed by atoms with van der Waals surface area (Å²) < 4.78 is 0. The van der Waals surface area contributed by atoms with E-state index < -0.39 is 6.09 Å². The number of hydrogen-bond acceptors (Lipinski definition) is 3. The molecule has 0 bridgehead atoms. The fourth-order valence-corrected chi connectivity index (χ4v) is 1.68. The van der Waals surface area contributed by atoms with Crippen LogP contribution in [0.15, 0.2) is 36.7 Å². The maximum atomic E-state index is 11.2. The van der Waals surface area contributed by atoms with E-state index in [1.807, 2.05) is 0 Å². The van der Waals surface area contributed by atoms with E-state index >= 15 is 0 Å². The molecule has 0 spiro atoms. The minimum absolute atomic E-state index is 0.192. The molecule has 0 saturated carbocycles. The maximum Gasteiger partial charge on any atom is 0.408 e. The van der Waals surface area contributed by atoms with Crippen molar-refractivity contribution in [3.8, 4) is 0 Å². The number of carboxylic acid groups (broad SMARTS) is 1. The van der Waals surface area contributed by atoms with Crippen molar-refractivity contribution in [3.63, 3.8) is 0 Å². The van der Waals surface area contributed by atoms with Crippen molar-refractivity contribution in [2.24, 2.45) is 0 Å². The quantitative estimate of drug-likeness (QED) is 0.803. The molecule has 2 rings (SSSR count). The van der Waals surface area contributed by atoms with E-state index in [0.29, 0.717) is 11.4 Å². The fraction of sp³-hybridized carbons (Fsp3) is 0.154. The molecule has 1 aromatic heterocycles. The molecule has 0 unspecified atom stereocenters. The minimum Gasteiger partial charge on any atom is -0.465 e. The third-order valence-electron chi connectivity index (χ3n) is 2.66. The molecule has 0 radical (unpaired) electrons. The molecule has 0 aliphatic carbocycles. The van der Waals surface area contributed by atoms with Crippen LogP contribution in [0.2, 0.25) is 0 Å². The van der Waals surface area contributed by atoms with Gasteiger partial charge in [-0.25, -0.2) is 9.78 Å². The van der Waals surface area contributed by atoms with Gasteiger partial charge >= 0.3 is 6.09 Å². The number of H-pyrrole nitrogens is 1. The number of amides is 1. The first-order valence-corrected chi connectivity index (χ1v) is 5.69. The van der Waals surface area contributed by atoms with Crippen molar-refractivity contribution in [3.05, 3.63) is 53.6 Å². The lowest BCUT2D eigenvalue weighted by Gasteiger charge is -2.18. The number of carbonyl (C=O) groups is 2. The molecule has 6 nitrogen and oxygen atoms in total. The van der Waals surface area contributed by atoms with Crippen molar-refractivity contribution in [1.29, 1.82) is 0 Å². The number of benzene rings is 1. The smallest absolute Gasteiger partial charge is 0.408 e. The zero-order valence-electron chi connectivity index (χ0n) is 10.1. The fourth-order valence-electron chi connectivity index (χ4n) is 1.68. The topological polar surface area (TPSA) is 86.3 Å². The highest BCUT2D eigenvalue weighted by atomic mass is 16.4. The minimum atomic E-state index is -1.02. The summed E-state index contributed by atoms with van der Waals surface area (Å²) >= 11 is 0. The molecule has 0 saturated heterocycles. The zero-order valence-corrected chi connectivity index (χ0v) is 10.1. The summed E-state index contributed by atoms with van der Waals surface area (Å²) in [5.41, 5.74) is 1.39. The Morgan fingerprint density at radius 1 is 1.32 bits per heavy atom. The second kappa shape index (κ2) is 5.81. The average molecular weight is 259 g/mol. The van der Waals surface area contributed by atoms with Crippen LogP contribution >= 0.6 is 0 Å². The van der Waals surface area contributed by atoms with Crippen LogP contribution in [-0.2, 0) is 13.1 Å². The summed E-state index contributed by atoms with van der Waals surface area (Å²) in [6, 6.07) is 6.80. The lowest BCUT2D eigenvalue weighted by Crippen LogP contribution is -2.28. The standard InChI is InChI=1S/C13H13N3O3/c17-9-11-3-1-10(2-4-11)7-16(13(18)19)8-12-14-5-6-15-12/h1-6,9H,7-8H2,(H,14,15)(H,18,19). The molecule has 19 heavy (non-hydrogen) atoms. The van der Waals surface area contributed by atoms with Crippen LogP contribution in [0.4, 0.5) is 4.79 Å². The summed E-state index contributed by atoms with van der Waals surface area (Å²) in [4.78, 5) is 29.8. The van der Waals surface area contributed by atoms with Gasteiger partial charge in [-0.1, -0.05) is 24.3 Å². The summed E-state index contributed by atoms with van der Waals surface area (Å²) in [6.07, 6.45) is 2.96. The molecular weight excluding hydrogens is 246 g/mol. The van der Waals surface area contributed by atoms with E-state index in [0.717, 1.165) is 11.8 Å². The number of carbonyl (C=O) groups excluding carboxylic acids is 1. The van der Waals surface area contributed by atoms with E-state index in [9.17, 15) is 9.59 Å². The van der Waals surface area contributed by atoms with Gasteiger partial charge in [0, 0.05) is 24.5 Å². The van der Waals surface area contributed by atoms with Gasteiger partial charge in [-0.2, -0.15) is 0 Å². The van der Waals surface area contributed by atoms with Crippen LogP contribution in [0.25, 0.3) is 0 Å². The van der Waals surface area contributed by atoms with Crippen molar-refractivity contribution in [2.45, 2.75) is 13.1 Å². The van der Waals surface area contributed by atoms with Gasteiger partial charge in [0.15, 0.2) is 0 Å². The molecule has 2 N–H and O–H groups in total. The van der Waals surface area contributed by atoms with Gasteiger partial charge in [0.05, 0.1) is 6.54 Å². The van der Waals surface area contributed by atoms with Crippen LogP contribution in [0.5, 0.6) is 0 Å². The Balaban J connectivity index is 2.07. The predicted octanol–water partition coefficient (Wildman–Crippen LogP) is 1.90. The number of hydrogen-bond donors (Lipinski definition) is 2. The number of imidazole rings is 1. The number of rotatable bonds is 5. The summed E-state index contributed by atoms with van der Waals surface area (Å²) in [7, 11) is 0. The van der Waals surface area contributed by atoms with Crippen molar-refractivity contribution in [1.82, 2.24) is 14.9 Å². The molecule has 6 heteroatoms. The van der Waals surface area contributed by atoms with E-state index in [1.165, 1.54) is 4.90 Å². The van der Waals surface area contributed by atoms with Crippen LogP contribution in [0, 0.1) is 0 Å². The largest absolute Gasteiger partial charge is 0.465 e. The maximum absolute atomic E-state index is 11.2. The molecule has 0 fully saturated rings. The molecule has 1 heterocycles. The Labute approximate surface area is 109 Å². The first-order valence-electron chi connectivity index (χ1n) is 5.69. The van der Waals surface area contributed by atoms with Gasteiger partial charge in [0.1, 0.15) is 12.1 Å². The summed E-state index contributed by atoms with van der Waals surface area (Å²) in [6.45, 7) is 0.437. The molecule has 98 valence electrons. The molecule has 0 aliphatic rings. The molecular formula is C13H13N3O3. The highest BCUT2D eigenvalue weighted by Crippen LogP contribution is 2.09. The van der Waals surface area contributed by atoms with Gasteiger partial charge in [-0.05, 0) is 5.56 Å². The SMILES string of the molecule is O=Cc1ccc(CN(Cc2ncc[nH]2)C(=O)O)cc1. The second-order valence-electron chi connectivity index (χ2n) is 4.03. The van der Waals surface area contributed by atoms with Crippen LogP contribution in [-0.4, -0.2) is 32.4 Å². The Hall–Kier alpha value is -2.63. The van der Waals surface area contributed by atoms with E-state index in [2.05, 4.69) is 9.97 Å². The lowest BCUT2D eigenvalue weighted by atomic mass is 10.1. The Kier molecular flexibility index (Phi) is 3.92. The van der Waals surface area contributed by atoms with Gasteiger partial charge in [-0.3, -0.25) is 9.69 Å². The van der Waals surface area contributed by atoms with Gasteiger partial charge < -0.3 is 10.1 Å². The highest BCUT2D eigenvalue weighted by molar-refractivity contribution is 5.74. The molecule has 0 atom stereocenters.